The van der Waals surface area contributed by atoms with Crippen LogP contribution in [0, 0.1) is 0 Å². The minimum atomic E-state index is -2.61. The maximum absolute atomic E-state index is 13.5. The van der Waals surface area contributed by atoms with Gasteiger partial charge >= 0.3 is 0 Å². The Kier molecular flexibility index (Phi) is 3.99. The summed E-state index contributed by atoms with van der Waals surface area (Å²) in [6, 6.07) is 1.62. The van der Waals surface area contributed by atoms with Crippen molar-refractivity contribution in [3.8, 4) is 0 Å². The molecule has 2 aliphatic carbocycles. The lowest BCUT2D eigenvalue weighted by Crippen LogP contribution is -2.29. The standard InChI is InChI=1S/C19H20F2N6O/c20-19(21)6-4-11(5-7-19)27-17-14(10-24-27)18(28)26-16(25-17)13-3-2-12(13)15-22-8-1-9-23-15/h1,8-13H,2-7H2,(H,25,26,28)/t12-,13-/m0/s1. The summed E-state index contributed by atoms with van der Waals surface area (Å²) in [5, 5.41) is 4.71. The van der Waals surface area contributed by atoms with Gasteiger partial charge < -0.3 is 4.98 Å². The quantitative estimate of drug-likeness (QED) is 0.746. The monoisotopic (exact) mass is 386 g/mol. The zero-order valence-electron chi connectivity index (χ0n) is 15.2. The average Bonchev–Trinajstić information content (AvgIpc) is 3.06. The highest BCUT2D eigenvalue weighted by Crippen LogP contribution is 2.46. The van der Waals surface area contributed by atoms with Crippen LogP contribution in [0.4, 0.5) is 8.78 Å². The molecule has 3 aromatic heterocycles. The number of rotatable bonds is 3. The number of halogens is 2. The molecule has 2 aliphatic rings. The van der Waals surface area contributed by atoms with E-state index in [1.165, 1.54) is 6.20 Å². The number of hydrogen-bond acceptors (Lipinski definition) is 5. The Labute approximate surface area is 159 Å². The van der Waals surface area contributed by atoms with E-state index in [0.717, 1.165) is 18.7 Å². The summed E-state index contributed by atoms with van der Waals surface area (Å²) in [5.41, 5.74) is 0.237. The van der Waals surface area contributed by atoms with Gasteiger partial charge in [-0.05, 0) is 31.7 Å². The summed E-state index contributed by atoms with van der Waals surface area (Å²) in [5.74, 6) is -1.09. The van der Waals surface area contributed by atoms with Crippen LogP contribution in [-0.4, -0.2) is 35.6 Å². The first kappa shape index (κ1) is 17.4. The molecule has 3 heterocycles. The van der Waals surface area contributed by atoms with Crippen LogP contribution < -0.4 is 5.56 Å². The maximum atomic E-state index is 13.5. The Balaban J connectivity index is 1.49. The van der Waals surface area contributed by atoms with Crippen molar-refractivity contribution in [1.82, 2.24) is 29.7 Å². The molecule has 0 aliphatic heterocycles. The lowest BCUT2D eigenvalue weighted by Gasteiger charge is -2.34. The summed E-state index contributed by atoms with van der Waals surface area (Å²) < 4.78 is 28.7. The lowest BCUT2D eigenvalue weighted by molar-refractivity contribution is -0.0446. The Morgan fingerprint density at radius 3 is 2.46 bits per heavy atom. The summed E-state index contributed by atoms with van der Waals surface area (Å²) in [6.45, 7) is 0. The van der Waals surface area contributed by atoms with Gasteiger partial charge in [-0.2, -0.15) is 5.10 Å². The van der Waals surface area contributed by atoms with Crippen LogP contribution in [0.15, 0.2) is 29.5 Å². The second-order valence-corrected chi connectivity index (χ2v) is 7.76. The molecule has 0 spiro atoms. The van der Waals surface area contributed by atoms with E-state index in [-0.39, 0.29) is 36.3 Å². The molecule has 0 amide bonds. The second kappa shape index (κ2) is 6.42. The number of nitrogens with one attached hydrogen (secondary N) is 1. The van der Waals surface area contributed by atoms with Crippen LogP contribution >= 0.6 is 0 Å². The van der Waals surface area contributed by atoms with E-state index in [0.29, 0.717) is 29.7 Å². The fourth-order valence-corrected chi connectivity index (χ4v) is 4.30. The average molecular weight is 386 g/mol. The first-order valence-electron chi connectivity index (χ1n) is 9.64. The van der Waals surface area contributed by atoms with Crippen LogP contribution in [0.2, 0.25) is 0 Å². The maximum Gasteiger partial charge on any atom is 0.262 e. The molecule has 2 fully saturated rings. The molecule has 146 valence electrons. The predicted molar refractivity (Wildman–Crippen MR) is 97.3 cm³/mol. The number of nitrogens with zero attached hydrogens (tertiary/aromatic N) is 5. The highest BCUT2D eigenvalue weighted by molar-refractivity contribution is 5.73. The minimum Gasteiger partial charge on any atom is -0.310 e. The number of aromatic amines is 1. The van der Waals surface area contributed by atoms with Gasteiger partial charge in [0.05, 0.1) is 12.2 Å². The van der Waals surface area contributed by atoms with Gasteiger partial charge in [-0.1, -0.05) is 0 Å². The third-order valence-corrected chi connectivity index (χ3v) is 6.06. The van der Waals surface area contributed by atoms with Crippen molar-refractivity contribution in [2.75, 3.05) is 0 Å². The van der Waals surface area contributed by atoms with Gasteiger partial charge in [0.1, 0.15) is 17.0 Å². The van der Waals surface area contributed by atoms with E-state index >= 15 is 0 Å². The Morgan fingerprint density at radius 1 is 1.07 bits per heavy atom. The van der Waals surface area contributed by atoms with Gasteiger partial charge in [-0.15, -0.1) is 0 Å². The third kappa shape index (κ3) is 2.89. The van der Waals surface area contributed by atoms with E-state index in [1.54, 1.807) is 23.1 Å². The zero-order valence-corrected chi connectivity index (χ0v) is 15.2. The molecule has 3 aromatic rings. The number of alkyl halides is 2. The van der Waals surface area contributed by atoms with Crippen LogP contribution in [0.3, 0.4) is 0 Å². The molecule has 28 heavy (non-hydrogen) atoms. The number of fused-ring (bicyclic) bond motifs is 1. The molecule has 0 saturated heterocycles. The van der Waals surface area contributed by atoms with E-state index in [2.05, 4.69) is 20.1 Å². The molecule has 7 nitrogen and oxygen atoms in total. The topological polar surface area (TPSA) is 89.3 Å². The van der Waals surface area contributed by atoms with Gasteiger partial charge in [0.15, 0.2) is 5.65 Å². The Morgan fingerprint density at radius 2 is 1.79 bits per heavy atom. The van der Waals surface area contributed by atoms with Gasteiger partial charge in [-0.25, -0.2) is 28.4 Å². The van der Waals surface area contributed by atoms with E-state index < -0.39 is 5.92 Å². The molecule has 1 N–H and O–H groups in total. The normalized spacial score (nSPS) is 24.9. The summed E-state index contributed by atoms with van der Waals surface area (Å²) in [6.07, 6.45) is 7.08. The lowest BCUT2D eigenvalue weighted by atomic mass is 9.72. The Hall–Kier alpha value is -2.71. The van der Waals surface area contributed by atoms with Crippen LogP contribution in [0.5, 0.6) is 0 Å². The molecular formula is C19H20F2N6O. The van der Waals surface area contributed by atoms with Crippen molar-refractivity contribution in [1.29, 1.82) is 0 Å². The van der Waals surface area contributed by atoms with Crippen molar-refractivity contribution in [3.63, 3.8) is 0 Å². The second-order valence-electron chi connectivity index (χ2n) is 7.76. The van der Waals surface area contributed by atoms with Gasteiger partial charge in [0.25, 0.3) is 5.56 Å². The zero-order chi connectivity index (χ0) is 19.3. The number of H-pyrrole nitrogens is 1. The smallest absolute Gasteiger partial charge is 0.262 e. The highest BCUT2D eigenvalue weighted by Gasteiger charge is 2.39. The third-order valence-electron chi connectivity index (χ3n) is 6.06. The van der Waals surface area contributed by atoms with Crippen molar-refractivity contribution >= 4 is 11.0 Å². The highest BCUT2D eigenvalue weighted by atomic mass is 19.3. The summed E-state index contributed by atoms with van der Waals surface area (Å²) in [4.78, 5) is 28.9. The minimum absolute atomic E-state index is 0.0403. The summed E-state index contributed by atoms with van der Waals surface area (Å²) in [7, 11) is 0. The van der Waals surface area contributed by atoms with Gasteiger partial charge in [-0.3, -0.25) is 4.79 Å². The van der Waals surface area contributed by atoms with Gasteiger partial charge in [0.2, 0.25) is 5.92 Å². The first-order chi connectivity index (χ1) is 13.5. The molecule has 2 saturated carbocycles. The largest absolute Gasteiger partial charge is 0.310 e. The van der Waals surface area contributed by atoms with E-state index in [9.17, 15) is 13.6 Å². The molecule has 5 rings (SSSR count). The summed E-state index contributed by atoms with van der Waals surface area (Å²) >= 11 is 0. The first-order valence-corrected chi connectivity index (χ1v) is 9.64. The molecule has 0 bridgehead atoms. The SMILES string of the molecule is O=c1[nH]c([C@H]2CC[C@@H]2c2ncccn2)nc2c1cnn2C1CCC(F)(F)CC1. The fourth-order valence-electron chi connectivity index (χ4n) is 4.30. The number of aromatic nitrogens is 6. The molecular weight excluding hydrogens is 366 g/mol. The van der Waals surface area contributed by atoms with E-state index in [1.807, 2.05) is 0 Å². The van der Waals surface area contributed by atoms with Crippen LogP contribution in [-0.2, 0) is 0 Å². The molecule has 9 heteroatoms. The molecule has 2 atom stereocenters. The van der Waals surface area contributed by atoms with Crippen LogP contribution in [0.1, 0.15) is 68.1 Å². The van der Waals surface area contributed by atoms with E-state index in [4.69, 9.17) is 4.98 Å². The Bertz CT molecular complexity index is 1050. The van der Waals surface area contributed by atoms with Crippen molar-refractivity contribution in [2.24, 2.45) is 0 Å². The molecule has 0 unspecified atom stereocenters. The molecule has 0 radical (unpaired) electrons. The number of hydrogen-bond donors (Lipinski definition) is 1. The van der Waals surface area contributed by atoms with Crippen molar-refractivity contribution in [3.05, 3.63) is 46.7 Å². The fraction of sp³-hybridized carbons (Fsp3) is 0.526. The van der Waals surface area contributed by atoms with Crippen LogP contribution in [0.25, 0.3) is 11.0 Å². The van der Waals surface area contributed by atoms with Crippen molar-refractivity contribution in [2.45, 2.75) is 62.3 Å². The molecule has 0 aromatic carbocycles. The predicted octanol–water partition coefficient (Wildman–Crippen LogP) is 3.32. The van der Waals surface area contributed by atoms with Crippen molar-refractivity contribution < 1.29 is 8.78 Å². The van der Waals surface area contributed by atoms with Gasteiger partial charge in [0, 0.05) is 37.1 Å².